The molecule has 1 rings (SSSR count). The molecule has 1 aliphatic heterocycles. The quantitative estimate of drug-likeness (QED) is 0.608. The standard InChI is InChI=1S/C13H27NO/c1-2-3-4-5-6-7-9-13(12-15)10-8-11-14-13/h14-15H,2-12H2,1H3. The zero-order valence-electron chi connectivity index (χ0n) is 10.2. The topological polar surface area (TPSA) is 32.3 Å². The van der Waals surface area contributed by atoms with Crippen molar-refractivity contribution < 1.29 is 5.11 Å². The van der Waals surface area contributed by atoms with E-state index in [9.17, 15) is 5.11 Å². The lowest BCUT2D eigenvalue weighted by Crippen LogP contribution is -2.43. The summed E-state index contributed by atoms with van der Waals surface area (Å²) in [5.74, 6) is 0. The highest BCUT2D eigenvalue weighted by Gasteiger charge is 2.31. The van der Waals surface area contributed by atoms with Crippen LogP contribution in [0.1, 0.15) is 64.7 Å². The second kappa shape index (κ2) is 7.24. The van der Waals surface area contributed by atoms with Gasteiger partial charge in [-0.25, -0.2) is 0 Å². The van der Waals surface area contributed by atoms with Crippen LogP contribution in [-0.4, -0.2) is 23.8 Å². The molecule has 0 saturated carbocycles. The molecule has 90 valence electrons. The van der Waals surface area contributed by atoms with Crippen molar-refractivity contribution in [3.05, 3.63) is 0 Å². The first-order valence-electron chi connectivity index (χ1n) is 6.69. The van der Waals surface area contributed by atoms with Crippen LogP contribution in [0, 0.1) is 0 Å². The van der Waals surface area contributed by atoms with Crippen molar-refractivity contribution in [1.29, 1.82) is 0 Å². The maximum Gasteiger partial charge on any atom is 0.0613 e. The number of aliphatic hydroxyl groups excluding tert-OH is 1. The van der Waals surface area contributed by atoms with E-state index in [4.69, 9.17) is 0 Å². The van der Waals surface area contributed by atoms with Gasteiger partial charge in [0.1, 0.15) is 0 Å². The van der Waals surface area contributed by atoms with Crippen LogP contribution in [0.5, 0.6) is 0 Å². The molecule has 2 heteroatoms. The normalized spacial score (nSPS) is 26.0. The van der Waals surface area contributed by atoms with Crippen LogP contribution in [-0.2, 0) is 0 Å². The Hall–Kier alpha value is -0.0800. The van der Waals surface area contributed by atoms with E-state index in [1.165, 1.54) is 51.4 Å². The van der Waals surface area contributed by atoms with E-state index in [0.717, 1.165) is 13.0 Å². The lowest BCUT2D eigenvalue weighted by Gasteiger charge is -2.27. The molecule has 0 bridgehead atoms. The fourth-order valence-electron chi connectivity index (χ4n) is 2.54. The Balaban J connectivity index is 2.02. The summed E-state index contributed by atoms with van der Waals surface area (Å²) in [5, 5.41) is 12.9. The van der Waals surface area contributed by atoms with E-state index in [2.05, 4.69) is 12.2 Å². The highest BCUT2D eigenvalue weighted by Crippen LogP contribution is 2.25. The summed E-state index contributed by atoms with van der Waals surface area (Å²) in [7, 11) is 0. The fourth-order valence-corrected chi connectivity index (χ4v) is 2.54. The molecule has 0 radical (unpaired) electrons. The first-order valence-corrected chi connectivity index (χ1v) is 6.69. The summed E-state index contributed by atoms with van der Waals surface area (Å²) in [6.07, 6.45) is 11.6. The Labute approximate surface area is 94.5 Å². The Morgan fingerprint density at radius 2 is 1.87 bits per heavy atom. The summed E-state index contributed by atoms with van der Waals surface area (Å²) in [4.78, 5) is 0. The SMILES string of the molecule is CCCCCCCCC1(CO)CCCN1. The van der Waals surface area contributed by atoms with Gasteiger partial charge in [0.15, 0.2) is 0 Å². The van der Waals surface area contributed by atoms with Crippen LogP contribution in [0.3, 0.4) is 0 Å². The van der Waals surface area contributed by atoms with Crippen molar-refractivity contribution in [2.45, 2.75) is 70.3 Å². The van der Waals surface area contributed by atoms with Gasteiger partial charge in [-0.1, -0.05) is 45.4 Å². The highest BCUT2D eigenvalue weighted by atomic mass is 16.3. The van der Waals surface area contributed by atoms with Gasteiger partial charge >= 0.3 is 0 Å². The average Bonchev–Trinajstić information content (AvgIpc) is 2.73. The number of hydrogen-bond acceptors (Lipinski definition) is 2. The van der Waals surface area contributed by atoms with Gasteiger partial charge in [0.25, 0.3) is 0 Å². The number of hydrogen-bond donors (Lipinski definition) is 2. The van der Waals surface area contributed by atoms with Gasteiger partial charge in [-0.05, 0) is 25.8 Å². The predicted octanol–water partition coefficient (Wildman–Crippen LogP) is 2.85. The smallest absolute Gasteiger partial charge is 0.0613 e. The first kappa shape index (κ1) is 13.0. The van der Waals surface area contributed by atoms with Crippen LogP contribution in [0.25, 0.3) is 0 Å². The highest BCUT2D eigenvalue weighted by molar-refractivity contribution is 4.92. The van der Waals surface area contributed by atoms with Crippen molar-refractivity contribution in [3.8, 4) is 0 Å². The largest absolute Gasteiger partial charge is 0.394 e. The molecule has 0 aromatic rings. The summed E-state index contributed by atoms with van der Waals surface area (Å²) in [6.45, 7) is 3.67. The third-order valence-corrected chi connectivity index (χ3v) is 3.64. The van der Waals surface area contributed by atoms with Gasteiger partial charge in [0, 0.05) is 5.54 Å². The number of unbranched alkanes of at least 4 members (excludes halogenated alkanes) is 5. The lowest BCUT2D eigenvalue weighted by molar-refractivity contribution is 0.165. The van der Waals surface area contributed by atoms with Crippen molar-refractivity contribution in [3.63, 3.8) is 0 Å². The van der Waals surface area contributed by atoms with Crippen LogP contribution in [0.4, 0.5) is 0 Å². The zero-order valence-corrected chi connectivity index (χ0v) is 10.2. The number of nitrogens with one attached hydrogen (secondary N) is 1. The van der Waals surface area contributed by atoms with Crippen LogP contribution >= 0.6 is 0 Å². The molecular formula is C13H27NO. The Morgan fingerprint density at radius 1 is 1.13 bits per heavy atom. The minimum atomic E-state index is 0.0881. The molecule has 0 aliphatic carbocycles. The molecule has 0 aromatic heterocycles. The molecule has 15 heavy (non-hydrogen) atoms. The maximum atomic E-state index is 9.39. The van der Waals surface area contributed by atoms with E-state index >= 15 is 0 Å². The third-order valence-electron chi connectivity index (χ3n) is 3.64. The van der Waals surface area contributed by atoms with Crippen molar-refractivity contribution in [1.82, 2.24) is 5.32 Å². The molecule has 0 aromatic carbocycles. The average molecular weight is 213 g/mol. The van der Waals surface area contributed by atoms with E-state index in [-0.39, 0.29) is 5.54 Å². The maximum absolute atomic E-state index is 9.39. The second-order valence-electron chi connectivity index (χ2n) is 4.99. The van der Waals surface area contributed by atoms with E-state index in [1.807, 2.05) is 0 Å². The minimum Gasteiger partial charge on any atom is -0.394 e. The van der Waals surface area contributed by atoms with Crippen LogP contribution in [0.15, 0.2) is 0 Å². The summed E-state index contributed by atoms with van der Waals surface area (Å²) in [6, 6.07) is 0. The Kier molecular flexibility index (Phi) is 6.26. The van der Waals surface area contributed by atoms with Gasteiger partial charge in [0.05, 0.1) is 6.61 Å². The Bertz CT molecular complexity index is 153. The van der Waals surface area contributed by atoms with Gasteiger partial charge < -0.3 is 10.4 Å². The molecule has 1 unspecified atom stereocenters. The molecule has 2 N–H and O–H groups in total. The van der Waals surface area contributed by atoms with E-state index < -0.39 is 0 Å². The fraction of sp³-hybridized carbons (Fsp3) is 1.00. The second-order valence-corrected chi connectivity index (χ2v) is 4.99. The van der Waals surface area contributed by atoms with Crippen molar-refractivity contribution >= 4 is 0 Å². The van der Waals surface area contributed by atoms with Gasteiger partial charge in [-0.2, -0.15) is 0 Å². The van der Waals surface area contributed by atoms with Gasteiger partial charge in [0.2, 0.25) is 0 Å². The van der Waals surface area contributed by atoms with Gasteiger partial charge in [-0.3, -0.25) is 0 Å². The molecule has 0 spiro atoms. The lowest BCUT2D eigenvalue weighted by atomic mass is 9.91. The summed E-state index contributed by atoms with van der Waals surface area (Å²) < 4.78 is 0. The monoisotopic (exact) mass is 213 g/mol. The third kappa shape index (κ3) is 4.52. The molecule has 1 atom stereocenters. The molecular weight excluding hydrogens is 186 g/mol. The molecule has 1 heterocycles. The number of aliphatic hydroxyl groups is 1. The van der Waals surface area contributed by atoms with Crippen LogP contribution < -0.4 is 5.32 Å². The summed E-state index contributed by atoms with van der Waals surface area (Å²) in [5.41, 5.74) is 0.0881. The molecule has 2 nitrogen and oxygen atoms in total. The Morgan fingerprint density at radius 3 is 2.47 bits per heavy atom. The number of rotatable bonds is 8. The minimum absolute atomic E-state index is 0.0881. The molecule has 1 saturated heterocycles. The molecule has 1 aliphatic rings. The van der Waals surface area contributed by atoms with E-state index in [1.54, 1.807) is 0 Å². The van der Waals surface area contributed by atoms with Crippen molar-refractivity contribution in [2.24, 2.45) is 0 Å². The molecule has 1 fully saturated rings. The van der Waals surface area contributed by atoms with Crippen molar-refractivity contribution in [2.75, 3.05) is 13.2 Å². The zero-order chi connectivity index (χ0) is 11.0. The predicted molar refractivity (Wildman–Crippen MR) is 65.0 cm³/mol. The first-order chi connectivity index (χ1) is 7.33. The van der Waals surface area contributed by atoms with Gasteiger partial charge in [-0.15, -0.1) is 0 Å². The summed E-state index contributed by atoms with van der Waals surface area (Å²) >= 11 is 0. The van der Waals surface area contributed by atoms with Crippen LogP contribution in [0.2, 0.25) is 0 Å². The van der Waals surface area contributed by atoms with E-state index in [0.29, 0.717) is 6.61 Å². The molecule has 0 amide bonds.